The Balaban J connectivity index is 1.86. The molecule has 0 atom stereocenters. The van der Waals surface area contributed by atoms with Crippen molar-refractivity contribution in [2.24, 2.45) is 10.9 Å². The summed E-state index contributed by atoms with van der Waals surface area (Å²) in [5.74, 6) is 1.86. The lowest BCUT2D eigenvalue weighted by Gasteiger charge is -2.29. The maximum absolute atomic E-state index is 11.8. The highest BCUT2D eigenvalue weighted by Gasteiger charge is 2.27. The van der Waals surface area contributed by atoms with Crippen molar-refractivity contribution in [2.75, 3.05) is 13.2 Å². The van der Waals surface area contributed by atoms with Gasteiger partial charge in [0.1, 0.15) is 6.54 Å². The largest absolute Gasteiger partial charge is 0.466 e. The van der Waals surface area contributed by atoms with E-state index < -0.39 is 0 Å². The van der Waals surface area contributed by atoms with E-state index in [-0.39, 0.29) is 11.9 Å². The zero-order valence-corrected chi connectivity index (χ0v) is 16.4. The predicted octanol–water partition coefficient (Wildman–Crippen LogP) is 2.98. The fourth-order valence-corrected chi connectivity index (χ4v) is 3.08. The van der Waals surface area contributed by atoms with E-state index in [0.717, 1.165) is 49.6 Å². The molecule has 7 heteroatoms. The van der Waals surface area contributed by atoms with E-state index in [9.17, 15) is 4.79 Å². The van der Waals surface area contributed by atoms with E-state index in [4.69, 9.17) is 9.26 Å². The summed E-state index contributed by atoms with van der Waals surface area (Å²) in [6.45, 7) is 9.76. The molecule has 0 aromatic carbocycles. The molecule has 1 aliphatic carbocycles. The molecule has 1 aromatic heterocycles. The number of hydrogen-bond acceptors (Lipinski definition) is 5. The molecular weight excluding hydrogens is 332 g/mol. The molecular formula is C19H32N4O3. The van der Waals surface area contributed by atoms with Crippen molar-refractivity contribution in [3.8, 4) is 0 Å². The molecule has 0 bridgehead atoms. The number of carbonyl (C=O) groups is 1. The Kier molecular flexibility index (Phi) is 7.94. The smallest absolute Gasteiger partial charge is 0.308 e. The number of aliphatic imine (C=N–C) groups is 1. The molecule has 0 unspecified atom stereocenters. The van der Waals surface area contributed by atoms with Crippen molar-refractivity contribution in [3.63, 3.8) is 0 Å². The number of aromatic nitrogens is 1. The average Bonchev–Trinajstić information content (AvgIpc) is 3.10. The minimum absolute atomic E-state index is 0.0381. The summed E-state index contributed by atoms with van der Waals surface area (Å²) in [4.78, 5) is 16.4. The highest BCUT2D eigenvalue weighted by Crippen LogP contribution is 2.25. The van der Waals surface area contributed by atoms with Crippen LogP contribution in [-0.4, -0.2) is 36.3 Å². The Hall–Kier alpha value is -2.05. The Morgan fingerprint density at radius 3 is 2.65 bits per heavy atom. The van der Waals surface area contributed by atoms with Crippen molar-refractivity contribution in [3.05, 3.63) is 17.5 Å². The number of ether oxygens (including phenoxy) is 1. The fraction of sp³-hybridized carbons (Fsp3) is 0.737. The molecule has 2 rings (SSSR count). The van der Waals surface area contributed by atoms with Crippen molar-refractivity contribution >= 4 is 11.9 Å². The number of carbonyl (C=O) groups excluding carboxylic acids is 1. The zero-order chi connectivity index (χ0) is 18.9. The summed E-state index contributed by atoms with van der Waals surface area (Å²) in [6, 6.07) is 2.28. The van der Waals surface area contributed by atoms with Gasteiger partial charge in [-0.1, -0.05) is 19.0 Å². The maximum atomic E-state index is 11.8. The molecule has 26 heavy (non-hydrogen) atoms. The van der Waals surface area contributed by atoms with Crippen molar-refractivity contribution in [1.29, 1.82) is 0 Å². The van der Waals surface area contributed by atoms with Gasteiger partial charge in [-0.05, 0) is 45.4 Å². The zero-order valence-electron chi connectivity index (χ0n) is 16.4. The van der Waals surface area contributed by atoms with E-state index in [1.807, 2.05) is 19.9 Å². The van der Waals surface area contributed by atoms with Crippen molar-refractivity contribution in [1.82, 2.24) is 15.8 Å². The summed E-state index contributed by atoms with van der Waals surface area (Å²) >= 11 is 0. The topological polar surface area (TPSA) is 88.8 Å². The molecule has 7 nitrogen and oxygen atoms in total. The van der Waals surface area contributed by atoms with Crippen LogP contribution in [0.3, 0.4) is 0 Å². The standard InChI is InChI=1S/C19H32N4O3/c1-5-20-19(21-12-16-11-17(13(3)4)23-26-16)22-15-9-7-14(8-10-15)18(24)25-6-2/h11,13-15H,5-10,12H2,1-4H3,(H2,20,21,22). The first kappa shape index (κ1) is 20.3. The van der Waals surface area contributed by atoms with Crippen LogP contribution in [0.4, 0.5) is 0 Å². The van der Waals surface area contributed by atoms with Crippen LogP contribution in [0.5, 0.6) is 0 Å². The summed E-state index contributed by atoms with van der Waals surface area (Å²) in [7, 11) is 0. The molecule has 1 fully saturated rings. The third-order valence-electron chi connectivity index (χ3n) is 4.59. The summed E-state index contributed by atoms with van der Waals surface area (Å²) < 4.78 is 10.5. The molecule has 1 saturated carbocycles. The molecule has 0 spiro atoms. The third-order valence-corrected chi connectivity index (χ3v) is 4.59. The minimum atomic E-state index is -0.0576. The van der Waals surface area contributed by atoms with Gasteiger partial charge in [-0.15, -0.1) is 0 Å². The second-order valence-corrected chi connectivity index (χ2v) is 7.01. The second kappa shape index (κ2) is 10.2. The molecule has 0 saturated heterocycles. The molecule has 1 aliphatic rings. The molecule has 0 amide bonds. The van der Waals surface area contributed by atoms with Crippen molar-refractivity contribution in [2.45, 2.75) is 71.9 Å². The molecule has 2 N–H and O–H groups in total. The van der Waals surface area contributed by atoms with E-state index in [1.165, 1.54) is 0 Å². The van der Waals surface area contributed by atoms with E-state index in [1.54, 1.807) is 0 Å². The highest BCUT2D eigenvalue weighted by molar-refractivity contribution is 5.80. The van der Waals surface area contributed by atoms with Crippen LogP contribution >= 0.6 is 0 Å². The quantitative estimate of drug-likeness (QED) is 0.439. The van der Waals surface area contributed by atoms with Crippen molar-refractivity contribution < 1.29 is 14.1 Å². The van der Waals surface area contributed by atoms with Gasteiger partial charge in [0.2, 0.25) is 0 Å². The number of esters is 1. The van der Waals surface area contributed by atoms with Gasteiger partial charge >= 0.3 is 5.97 Å². The second-order valence-electron chi connectivity index (χ2n) is 7.01. The van der Waals surface area contributed by atoms with Crippen LogP contribution in [0.15, 0.2) is 15.6 Å². The summed E-state index contributed by atoms with van der Waals surface area (Å²) in [6.07, 6.45) is 3.59. The van der Waals surface area contributed by atoms with E-state index in [2.05, 4.69) is 34.6 Å². The van der Waals surface area contributed by atoms with Crippen LogP contribution < -0.4 is 10.6 Å². The Labute approximate surface area is 156 Å². The molecule has 1 aromatic rings. The number of guanidine groups is 1. The van der Waals surface area contributed by atoms with Gasteiger partial charge in [0.05, 0.1) is 18.2 Å². The normalized spacial score (nSPS) is 20.9. The lowest BCUT2D eigenvalue weighted by Crippen LogP contribution is -2.45. The maximum Gasteiger partial charge on any atom is 0.308 e. The number of nitrogens with one attached hydrogen (secondary N) is 2. The van der Waals surface area contributed by atoms with Crippen LogP contribution in [0.1, 0.15) is 70.8 Å². The first-order valence-electron chi connectivity index (χ1n) is 9.70. The van der Waals surface area contributed by atoms with Crippen LogP contribution in [0.2, 0.25) is 0 Å². The highest BCUT2D eigenvalue weighted by atomic mass is 16.5. The average molecular weight is 364 g/mol. The van der Waals surface area contributed by atoms with Crippen LogP contribution in [-0.2, 0) is 16.1 Å². The van der Waals surface area contributed by atoms with Gasteiger partial charge in [0.25, 0.3) is 0 Å². The minimum Gasteiger partial charge on any atom is -0.466 e. The van der Waals surface area contributed by atoms with E-state index >= 15 is 0 Å². The number of hydrogen-bond donors (Lipinski definition) is 2. The SMILES string of the molecule is CCNC(=NCc1cc(C(C)C)no1)NC1CCC(C(=O)OCC)CC1. The van der Waals surface area contributed by atoms with Gasteiger partial charge in [-0.2, -0.15) is 0 Å². The fourth-order valence-electron chi connectivity index (χ4n) is 3.08. The monoisotopic (exact) mass is 364 g/mol. The Morgan fingerprint density at radius 2 is 2.08 bits per heavy atom. The first-order chi connectivity index (χ1) is 12.5. The summed E-state index contributed by atoms with van der Waals surface area (Å²) in [5, 5.41) is 10.8. The number of rotatable bonds is 7. The van der Waals surface area contributed by atoms with Gasteiger partial charge in [0.15, 0.2) is 11.7 Å². The first-order valence-corrected chi connectivity index (χ1v) is 9.70. The number of nitrogens with zero attached hydrogens (tertiary/aromatic N) is 2. The Bertz CT molecular complexity index is 589. The molecule has 0 aliphatic heterocycles. The van der Waals surface area contributed by atoms with Crippen LogP contribution in [0, 0.1) is 5.92 Å². The van der Waals surface area contributed by atoms with Gasteiger partial charge in [0, 0.05) is 18.7 Å². The lowest BCUT2D eigenvalue weighted by molar-refractivity contribution is -0.149. The van der Waals surface area contributed by atoms with E-state index in [0.29, 0.717) is 25.1 Å². The third kappa shape index (κ3) is 6.04. The van der Waals surface area contributed by atoms with Gasteiger partial charge in [-0.25, -0.2) is 4.99 Å². The van der Waals surface area contributed by atoms with Gasteiger partial charge < -0.3 is 19.9 Å². The molecule has 146 valence electrons. The van der Waals surface area contributed by atoms with Gasteiger partial charge in [-0.3, -0.25) is 4.79 Å². The predicted molar refractivity (Wildman–Crippen MR) is 101 cm³/mol. The van der Waals surface area contributed by atoms with Crippen LogP contribution in [0.25, 0.3) is 0 Å². The Morgan fingerprint density at radius 1 is 1.35 bits per heavy atom. The molecule has 0 radical (unpaired) electrons. The lowest BCUT2D eigenvalue weighted by atomic mass is 9.86. The molecule has 1 heterocycles. The summed E-state index contributed by atoms with van der Waals surface area (Å²) in [5.41, 5.74) is 0.949.